The summed E-state index contributed by atoms with van der Waals surface area (Å²) in [5.41, 5.74) is 10.5. The van der Waals surface area contributed by atoms with Crippen LogP contribution in [0.3, 0.4) is 0 Å². The van der Waals surface area contributed by atoms with E-state index in [1.807, 2.05) is 26.8 Å². The van der Waals surface area contributed by atoms with Gasteiger partial charge in [-0.05, 0) is 158 Å². The highest BCUT2D eigenvalue weighted by atomic mass is 16.5. The zero-order chi connectivity index (χ0) is 35.0. The zero-order valence-electron chi connectivity index (χ0n) is 30.8. The lowest BCUT2D eigenvalue weighted by Gasteiger charge is -2.19. The Morgan fingerprint density at radius 3 is 1.44 bits per heavy atom. The van der Waals surface area contributed by atoms with Crippen molar-refractivity contribution in [1.29, 1.82) is 0 Å². The molecule has 0 saturated heterocycles. The predicted molar refractivity (Wildman–Crippen MR) is 197 cm³/mol. The smallest absolute Gasteiger partial charge is 0.293 e. The highest BCUT2D eigenvalue weighted by Crippen LogP contribution is 2.27. The van der Waals surface area contributed by atoms with Gasteiger partial charge in [-0.3, -0.25) is 14.4 Å². The minimum absolute atomic E-state index is 0.393. The maximum Gasteiger partial charge on any atom is 0.293 e. The highest BCUT2D eigenvalue weighted by Gasteiger charge is 2.11. The molecule has 0 spiro atoms. The van der Waals surface area contributed by atoms with Gasteiger partial charge in [0.05, 0.1) is 0 Å². The molecular formula is C41H66O4. The number of carbonyl (C=O) groups excluding carboxylic acids is 3. The summed E-state index contributed by atoms with van der Waals surface area (Å²) in [6.07, 6.45) is 25.8. The van der Waals surface area contributed by atoms with Crippen molar-refractivity contribution in [2.45, 2.75) is 134 Å². The molecule has 0 aromatic carbocycles. The Labute approximate surface area is 277 Å². The Bertz CT molecular complexity index is 1000. The minimum Gasteiger partial charge on any atom is -0.464 e. The van der Waals surface area contributed by atoms with E-state index in [1.165, 1.54) is 47.1 Å². The van der Waals surface area contributed by atoms with Gasteiger partial charge in [0.2, 0.25) is 0 Å². The molecule has 1 aliphatic rings. The van der Waals surface area contributed by atoms with Crippen molar-refractivity contribution in [2.75, 3.05) is 6.61 Å². The van der Waals surface area contributed by atoms with Gasteiger partial charge >= 0.3 is 0 Å². The molecule has 0 N–H and O–H groups in total. The lowest BCUT2D eigenvalue weighted by molar-refractivity contribution is -0.127. The molecule has 4 heteroatoms. The number of rotatable bonds is 15. The maximum atomic E-state index is 10.0. The van der Waals surface area contributed by atoms with Crippen LogP contribution in [0.15, 0.2) is 93.7 Å². The van der Waals surface area contributed by atoms with Crippen LogP contribution < -0.4 is 0 Å². The van der Waals surface area contributed by atoms with E-state index < -0.39 is 0 Å². The van der Waals surface area contributed by atoms with Crippen molar-refractivity contribution in [3.8, 4) is 0 Å². The monoisotopic (exact) mass is 622 g/mol. The summed E-state index contributed by atoms with van der Waals surface area (Å²) >= 11 is 0. The van der Waals surface area contributed by atoms with E-state index >= 15 is 0 Å². The summed E-state index contributed by atoms with van der Waals surface area (Å²) in [7, 11) is 0. The number of ether oxygens (including phenoxy) is 1. The Balaban J connectivity index is -0.000000525. The molecular weight excluding hydrogens is 556 g/mol. The average Bonchev–Trinajstić information content (AvgIpc) is 2.94. The molecule has 0 unspecified atom stereocenters. The molecule has 45 heavy (non-hydrogen) atoms. The van der Waals surface area contributed by atoms with Gasteiger partial charge in [-0.25, -0.2) is 0 Å². The SMILES string of the molecule is C=C(C)[C@H]1CC=C(C)CC1.CC(C)=CCC/C(C)=C/C=O.CC(C)=CCC/C(C)=C\C=O.CC(C)=CCC/C(C)=C\COC=O. The van der Waals surface area contributed by atoms with Crippen LogP contribution in [-0.2, 0) is 19.1 Å². The third kappa shape index (κ3) is 38.7. The second-order valence-corrected chi connectivity index (χ2v) is 12.6. The van der Waals surface area contributed by atoms with Crippen LogP contribution in [0.5, 0.6) is 0 Å². The quantitative estimate of drug-likeness (QED) is 0.0789. The first-order valence-corrected chi connectivity index (χ1v) is 16.3. The molecule has 0 aromatic rings. The molecule has 4 nitrogen and oxygen atoms in total. The number of aldehydes is 2. The third-order valence-corrected chi connectivity index (χ3v) is 6.91. The molecule has 1 aliphatic carbocycles. The topological polar surface area (TPSA) is 60.4 Å². The van der Waals surface area contributed by atoms with Crippen molar-refractivity contribution >= 4 is 19.0 Å². The van der Waals surface area contributed by atoms with E-state index in [-0.39, 0.29) is 0 Å². The van der Waals surface area contributed by atoms with E-state index in [2.05, 4.69) is 91.0 Å². The van der Waals surface area contributed by atoms with Crippen molar-refractivity contribution in [3.05, 3.63) is 93.7 Å². The van der Waals surface area contributed by atoms with Crippen molar-refractivity contribution in [3.63, 3.8) is 0 Å². The second kappa shape index (κ2) is 32.1. The molecule has 0 bridgehead atoms. The summed E-state index contributed by atoms with van der Waals surface area (Å²) in [6, 6.07) is 0. The lowest BCUT2D eigenvalue weighted by Crippen LogP contribution is -2.04. The fraction of sp³-hybridized carbons (Fsp3) is 0.537. The van der Waals surface area contributed by atoms with E-state index in [0.29, 0.717) is 13.1 Å². The Hall–Kier alpha value is -3.27. The molecule has 1 atom stereocenters. The van der Waals surface area contributed by atoms with E-state index in [4.69, 9.17) is 0 Å². The molecule has 0 amide bonds. The number of carbonyl (C=O) groups is 3. The fourth-order valence-corrected chi connectivity index (χ4v) is 3.91. The van der Waals surface area contributed by atoms with Crippen LogP contribution in [0.2, 0.25) is 0 Å². The van der Waals surface area contributed by atoms with E-state index in [0.717, 1.165) is 68.2 Å². The van der Waals surface area contributed by atoms with Crippen LogP contribution in [0.4, 0.5) is 0 Å². The molecule has 0 radical (unpaired) electrons. The third-order valence-electron chi connectivity index (χ3n) is 6.91. The first-order valence-electron chi connectivity index (χ1n) is 16.3. The Morgan fingerprint density at radius 2 is 1.13 bits per heavy atom. The molecule has 1 rings (SSSR count). The van der Waals surface area contributed by atoms with Crippen LogP contribution in [-0.4, -0.2) is 25.7 Å². The molecule has 0 aliphatic heterocycles. The van der Waals surface area contributed by atoms with Crippen LogP contribution in [0.25, 0.3) is 0 Å². The number of hydrogen-bond donors (Lipinski definition) is 0. The largest absolute Gasteiger partial charge is 0.464 e. The van der Waals surface area contributed by atoms with Gasteiger partial charge in [-0.2, -0.15) is 0 Å². The van der Waals surface area contributed by atoms with E-state index in [9.17, 15) is 14.4 Å². The summed E-state index contributed by atoms with van der Waals surface area (Å²) in [6.45, 7) is 27.7. The molecule has 0 heterocycles. The summed E-state index contributed by atoms with van der Waals surface area (Å²) < 4.78 is 4.56. The average molecular weight is 623 g/mol. The van der Waals surface area contributed by atoms with Crippen molar-refractivity contribution in [2.24, 2.45) is 5.92 Å². The Kier molecular flexibility index (Phi) is 33.0. The molecule has 0 aromatic heterocycles. The van der Waals surface area contributed by atoms with Gasteiger partial charge in [-0.1, -0.05) is 75.5 Å². The molecule has 254 valence electrons. The first-order chi connectivity index (χ1) is 21.2. The van der Waals surface area contributed by atoms with Gasteiger partial charge in [0.25, 0.3) is 6.47 Å². The van der Waals surface area contributed by atoms with Gasteiger partial charge < -0.3 is 4.74 Å². The van der Waals surface area contributed by atoms with Crippen LogP contribution in [0.1, 0.15) is 134 Å². The standard InChI is InChI=1S/C11H18O2.2C10H16O.C10H16/c1-10(2)5-4-6-11(3)7-8-13-9-12;2*1-9(2)5-4-6-10(3)7-8-11;1-8(2)10-6-4-9(3)5-7-10/h5,7,9H,4,6,8H2,1-3H3;2*5,7-8H,4,6H2,1-3H3;4,10H,1,5-7H2,2-3H3/b11-7-;10-7+;10-7-;/t;;;10-/m...0/s1. The summed E-state index contributed by atoms with van der Waals surface area (Å²) in [5, 5.41) is 0. The molecule has 0 fully saturated rings. The van der Waals surface area contributed by atoms with Crippen LogP contribution >= 0.6 is 0 Å². The zero-order valence-corrected chi connectivity index (χ0v) is 30.8. The van der Waals surface area contributed by atoms with Gasteiger partial charge in [-0.15, -0.1) is 0 Å². The normalized spacial score (nSPS) is 14.2. The van der Waals surface area contributed by atoms with E-state index in [1.54, 1.807) is 17.7 Å². The number of allylic oxidation sites excluding steroid dienone is 14. The fourth-order valence-electron chi connectivity index (χ4n) is 3.91. The second-order valence-electron chi connectivity index (χ2n) is 12.6. The van der Waals surface area contributed by atoms with Crippen molar-refractivity contribution < 1.29 is 19.1 Å². The van der Waals surface area contributed by atoms with Gasteiger partial charge in [0, 0.05) is 0 Å². The molecule has 0 saturated carbocycles. The highest BCUT2D eigenvalue weighted by molar-refractivity contribution is 5.66. The van der Waals surface area contributed by atoms with Crippen LogP contribution in [0, 0.1) is 5.92 Å². The first kappa shape index (κ1) is 46.2. The lowest BCUT2D eigenvalue weighted by atomic mass is 9.86. The summed E-state index contributed by atoms with van der Waals surface area (Å²) in [4.78, 5) is 29.9. The summed E-state index contributed by atoms with van der Waals surface area (Å²) in [5.74, 6) is 0.767. The Morgan fingerprint density at radius 1 is 0.711 bits per heavy atom. The number of hydrogen-bond acceptors (Lipinski definition) is 4. The van der Waals surface area contributed by atoms with Gasteiger partial charge in [0.15, 0.2) is 0 Å². The van der Waals surface area contributed by atoms with Gasteiger partial charge in [0.1, 0.15) is 19.2 Å². The maximum absolute atomic E-state index is 10.0. The minimum atomic E-state index is 0.393. The predicted octanol–water partition coefficient (Wildman–Crippen LogP) is 11.9. The van der Waals surface area contributed by atoms with Crippen molar-refractivity contribution in [1.82, 2.24) is 0 Å².